The number of rotatable bonds is 5. The van der Waals surface area contributed by atoms with Crippen LogP contribution in [-0.4, -0.2) is 6.54 Å². The summed E-state index contributed by atoms with van der Waals surface area (Å²) in [5, 5.41) is 3.54. The van der Waals surface area contributed by atoms with Crippen LogP contribution in [0.3, 0.4) is 0 Å². The fourth-order valence-corrected chi connectivity index (χ4v) is 3.52. The molecule has 0 amide bonds. The lowest BCUT2D eigenvalue weighted by molar-refractivity contribution is 0.545. The Kier molecular flexibility index (Phi) is 6.20. The van der Waals surface area contributed by atoms with Crippen molar-refractivity contribution in [3.63, 3.8) is 0 Å². The van der Waals surface area contributed by atoms with Crippen LogP contribution in [0.15, 0.2) is 40.9 Å². The highest BCUT2D eigenvalue weighted by Crippen LogP contribution is 2.27. The zero-order valence-corrected chi connectivity index (χ0v) is 15.8. The Morgan fingerprint density at radius 2 is 2.00 bits per heavy atom. The molecule has 0 spiro atoms. The summed E-state index contributed by atoms with van der Waals surface area (Å²) in [7, 11) is 0. The molecule has 0 aliphatic heterocycles. The molecular weight excluding hydrogens is 444 g/mol. The quantitative estimate of drug-likeness (QED) is 0.588. The Bertz CT molecular complexity index is 630. The fourth-order valence-electron chi connectivity index (χ4n) is 2.43. The van der Waals surface area contributed by atoms with Crippen LogP contribution in [0, 0.1) is 16.3 Å². The van der Waals surface area contributed by atoms with Gasteiger partial charge in [-0.15, -0.1) is 0 Å². The molecule has 4 heteroatoms. The molecule has 1 atom stereocenters. The number of nitrogens with one attached hydrogen (secondary N) is 1. The predicted molar refractivity (Wildman–Crippen MR) is 98.1 cm³/mol. The summed E-state index contributed by atoms with van der Waals surface area (Å²) < 4.78 is 15.6. The van der Waals surface area contributed by atoms with Gasteiger partial charge in [-0.1, -0.05) is 28.9 Å². The highest BCUT2D eigenvalue weighted by atomic mass is 127. The molecule has 0 fully saturated rings. The third-order valence-corrected chi connectivity index (χ3v) is 4.99. The third kappa shape index (κ3) is 4.50. The fraction of sp³-hybridized carbons (Fsp3) is 0.294. The Balaban J connectivity index is 2.32. The van der Waals surface area contributed by atoms with Gasteiger partial charge < -0.3 is 5.32 Å². The topological polar surface area (TPSA) is 12.0 Å². The molecule has 1 nitrogen and oxygen atoms in total. The van der Waals surface area contributed by atoms with Gasteiger partial charge in [0.05, 0.1) is 0 Å². The van der Waals surface area contributed by atoms with E-state index in [1.54, 1.807) is 6.07 Å². The minimum absolute atomic E-state index is 0.173. The molecule has 0 radical (unpaired) electrons. The van der Waals surface area contributed by atoms with Gasteiger partial charge in [0.15, 0.2) is 0 Å². The Morgan fingerprint density at radius 3 is 2.67 bits per heavy atom. The highest BCUT2D eigenvalue weighted by molar-refractivity contribution is 14.1. The van der Waals surface area contributed by atoms with Gasteiger partial charge in [-0.05, 0) is 89.5 Å². The molecule has 0 aromatic heterocycles. The Labute approximate surface area is 147 Å². The van der Waals surface area contributed by atoms with E-state index < -0.39 is 0 Å². The van der Waals surface area contributed by atoms with Gasteiger partial charge in [-0.25, -0.2) is 4.39 Å². The average molecular weight is 462 g/mol. The third-order valence-electron chi connectivity index (χ3n) is 3.51. The van der Waals surface area contributed by atoms with E-state index >= 15 is 0 Å². The normalized spacial score (nSPS) is 12.4. The van der Waals surface area contributed by atoms with Gasteiger partial charge in [-0.3, -0.25) is 0 Å². The van der Waals surface area contributed by atoms with Gasteiger partial charge in [0.2, 0.25) is 0 Å². The van der Waals surface area contributed by atoms with Gasteiger partial charge in [0.1, 0.15) is 5.82 Å². The summed E-state index contributed by atoms with van der Waals surface area (Å²) >= 11 is 5.91. The first-order valence-corrected chi connectivity index (χ1v) is 8.81. The summed E-state index contributed by atoms with van der Waals surface area (Å²) in [5.74, 6) is -0.173. The molecule has 2 aromatic carbocycles. The first-order chi connectivity index (χ1) is 10.0. The number of hydrogen-bond acceptors (Lipinski definition) is 1. The molecule has 1 unspecified atom stereocenters. The Hall–Kier alpha value is -0.460. The van der Waals surface area contributed by atoms with Crippen molar-refractivity contribution >= 4 is 38.5 Å². The van der Waals surface area contributed by atoms with E-state index in [2.05, 4.69) is 69.0 Å². The van der Waals surface area contributed by atoms with Crippen molar-refractivity contribution in [1.82, 2.24) is 5.32 Å². The van der Waals surface area contributed by atoms with Gasteiger partial charge in [0, 0.05) is 14.1 Å². The smallest absolute Gasteiger partial charge is 0.123 e. The van der Waals surface area contributed by atoms with Crippen LogP contribution in [0.2, 0.25) is 0 Å². The van der Waals surface area contributed by atoms with Gasteiger partial charge in [-0.2, -0.15) is 0 Å². The van der Waals surface area contributed by atoms with Crippen molar-refractivity contribution in [2.45, 2.75) is 26.3 Å². The molecule has 0 heterocycles. The number of aryl methyl sites for hydroxylation is 1. The zero-order chi connectivity index (χ0) is 15.4. The molecule has 0 aliphatic rings. The second-order valence-corrected chi connectivity index (χ2v) is 7.13. The van der Waals surface area contributed by atoms with Crippen molar-refractivity contribution in [2.24, 2.45) is 0 Å². The van der Waals surface area contributed by atoms with E-state index in [1.165, 1.54) is 20.8 Å². The van der Waals surface area contributed by atoms with E-state index in [-0.39, 0.29) is 11.9 Å². The average Bonchev–Trinajstić information content (AvgIpc) is 2.44. The SMILES string of the molecule is CCNC(Cc1ccc(F)cc1C)c1cc(Br)ccc1I. The van der Waals surface area contributed by atoms with Crippen LogP contribution < -0.4 is 5.32 Å². The summed E-state index contributed by atoms with van der Waals surface area (Å²) in [5.41, 5.74) is 3.46. The van der Waals surface area contributed by atoms with Crippen LogP contribution in [-0.2, 0) is 6.42 Å². The molecule has 2 aromatic rings. The lowest BCUT2D eigenvalue weighted by Gasteiger charge is -2.21. The maximum atomic E-state index is 13.2. The molecule has 1 N–H and O–H groups in total. The molecule has 21 heavy (non-hydrogen) atoms. The van der Waals surface area contributed by atoms with E-state index in [4.69, 9.17) is 0 Å². The van der Waals surface area contributed by atoms with Crippen LogP contribution >= 0.6 is 38.5 Å². The van der Waals surface area contributed by atoms with Gasteiger partial charge in [0.25, 0.3) is 0 Å². The maximum absolute atomic E-state index is 13.2. The van der Waals surface area contributed by atoms with E-state index in [0.717, 1.165) is 23.0 Å². The summed E-state index contributed by atoms with van der Waals surface area (Å²) in [6.45, 7) is 4.97. The zero-order valence-electron chi connectivity index (χ0n) is 12.1. The Morgan fingerprint density at radius 1 is 1.24 bits per heavy atom. The summed E-state index contributed by atoms with van der Waals surface area (Å²) in [6, 6.07) is 11.6. The number of likely N-dealkylation sites (N-methyl/N-ethyl adjacent to an activating group) is 1. The lowest BCUT2D eigenvalue weighted by atomic mass is 9.96. The largest absolute Gasteiger partial charge is 0.310 e. The van der Waals surface area contributed by atoms with Gasteiger partial charge >= 0.3 is 0 Å². The minimum atomic E-state index is -0.173. The number of benzene rings is 2. The van der Waals surface area contributed by atoms with Crippen molar-refractivity contribution in [1.29, 1.82) is 0 Å². The van der Waals surface area contributed by atoms with Crippen LogP contribution in [0.1, 0.15) is 29.7 Å². The summed E-state index contributed by atoms with van der Waals surface area (Å²) in [6.07, 6.45) is 0.854. The molecule has 112 valence electrons. The second kappa shape index (κ2) is 7.70. The van der Waals surface area contributed by atoms with E-state index in [0.29, 0.717) is 0 Å². The standard InChI is InChI=1S/C17H18BrFIN/c1-3-21-17(15-10-13(18)5-7-16(15)20)9-12-4-6-14(19)8-11(12)2/h4-8,10,17,21H,3,9H2,1-2H3. The predicted octanol–water partition coefficient (Wildman–Crippen LogP) is 5.39. The second-order valence-electron chi connectivity index (χ2n) is 5.05. The molecule has 0 saturated heterocycles. The maximum Gasteiger partial charge on any atom is 0.123 e. The first kappa shape index (κ1) is 16.9. The highest BCUT2D eigenvalue weighted by Gasteiger charge is 2.16. The van der Waals surface area contributed by atoms with E-state index in [9.17, 15) is 4.39 Å². The monoisotopic (exact) mass is 461 g/mol. The summed E-state index contributed by atoms with van der Waals surface area (Å²) in [4.78, 5) is 0. The van der Waals surface area contributed by atoms with Crippen molar-refractivity contribution in [3.05, 3.63) is 66.9 Å². The number of hydrogen-bond donors (Lipinski definition) is 1. The first-order valence-electron chi connectivity index (χ1n) is 6.94. The van der Waals surface area contributed by atoms with Crippen LogP contribution in [0.25, 0.3) is 0 Å². The molecule has 2 rings (SSSR count). The van der Waals surface area contributed by atoms with Crippen molar-refractivity contribution in [2.75, 3.05) is 6.54 Å². The van der Waals surface area contributed by atoms with Crippen molar-refractivity contribution in [3.8, 4) is 0 Å². The molecule has 0 bridgehead atoms. The van der Waals surface area contributed by atoms with Crippen LogP contribution in [0.4, 0.5) is 4.39 Å². The van der Waals surface area contributed by atoms with Crippen molar-refractivity contribution < 1.29 is 4.39 Å². The minimum Gasteiger partial charge on any atom is -0.310 e. The van der Waals surface area contributed by atoms with Crippen LogP contribution in [0.5, 0.6) is 0 Å². The molecular formula is C17H18BrFIN. The van der Waals surface area contributed by atoms with E-state index in [1.807, 2.05) is 13.0 Å². The lowest BCUT2D eigenvalue weighted by Crippen LogP contribution is -2.24. The molecule has 0 saturated carbocycles. The molecule has 0 aliphatic carbocycles. The number of halogens is 3.